The molecule has 1 aromatic heterocycles. The third kappa shape index (κ3) is 3.62. The van der Waals surface area contributed by atoms with Crippen LogP contribution in [0, 0.1) is 0 Å². The molecular formula is C13H14N2O4. The Hall–Kier alpha value is -2.21. The highest BCUT2D eigenvalue weighted by Gasteiger charge is 2.27. The van der Waals surface area contributed by atoms with Crippen LogP contribution in [0.25, 0.3) is 6.08 Å². The summed E-state index contributed by atoms with van der Waals surface area (Å²) >= 11 is 0. The Bertz CT molecular complexity index is 487. The minimum Gasteiger partial charge on any atom is -0.479 e. The van der Waals surface area contributed by atoms with Gasteiger partial charge in [0.15, 0.2) is 6.10 Å². The van der Waals surface area contributed by atoms with Gasteiger partial charge in [0.2, 0.25) is 5.91 Å². The highest BCUT2D eigenvalue weighted by molar-refractivity contribution is 5.92. The van der Waals surface area contributed by atoms with Gasteiger partial charge in [-0.15, -0.1) is 0 Å². The maximum atomic E-state index is 11.9. The van der Waals surface area contributed by atoms with E-state index in [1.807, 2.05) is 6.07 Å². The third-order valence-electron chi connectivity index (χ3n) is 2.76. The Morgan fingerprint density at radius 2 is 2.37 bits per heavy atom. The number of carbonyl (C=O) groups is 2. The molecule has 1 N–H and O–H groups in total. The molecule has 2 heterocycles. The summed E-state index contributed by atoms with van der Waals surface area (Å²) in [6, 6.07) is 3.61. The second-order valence-electron chi connectivity index (χ2n) is 4.10. The van der Waals surface area contributed by atoms with Crippen molar-refractivity contribution in [2.75, 3.05) is 19.7 Å². The standard InChI is InChI=1S/C13H14N2O4/c16-12(4-3-10-2-1-5-14-8-10)15-6-7-19-11(9-15)13(17)18/h1-5,8,11H,6-7,9H2,(H,17,18)/b4-3+. The molecule has 1 saturated heterocycles. The molecule has 0 bridgehead atoms. The first-order valence-electron chi connectivity index (χ1n) is 5.88. The van der Waals surface area contributed by atoms with Crippen molar-refractivity contribution in [3.8, 4) is 0 Å². The predicted octanol–water partition coefficient (Wildman–Crippen LogP) is 0.407. The molecule has 0 aromatic carbocycles. The van der Waals surface area contributed by atoms with Crippen LogP contribution < -0.4 is 0 Å². The van der Waals surface area contributed by atoms with Gasteiger partial charge in [-0.3, -0.25) is 9.78 Å². The summed E-state index contributed by atoms with van der Waals surface area (Å²) in [4.78, 5) is 28.1. The lowest BCUT2D eigenvalue weighted by molar-refractivity contribution is -0.158. The largest absolute Gasteiger partial charge is 0.479 e. The highest BCUT2D eigenvalue weighted by Crippen LogP contribution is 2.07. The average molecular weight is 262 g/mol. The molecule has 1 aliphatic rings. The summed E-state index contributed by atoms with van der Waals surface area (Å²) in [5.74, 6) is -1.27. The molecule has 0 aliphatic carbocycles. The number of rotatable bonds is 3. The van der Waals surface area contributed by atoms with Crippen LogP contribution in [0.2, 0.25) is 0 Å². The van der Waals surface area contributed by atoms with E-state index < -0.39 is 12.1 Å². The summed E-state index contributed by atoms with van der Waals surface area (Å²) in [6.45, 7) is 0.717. The first-order valence-corrected chi connectivity index (χ1v) is 5.88. The molecule has 6 nitrogen and oxygen atoms in total. The van der Waals surface area contributed by atoms with Gasteiger partial charge < -0.3 is 14.7 Å². The van der Waals surface area contributed by atoms with Crippen molar-refractivity contribution in [1.29, 1.82) is 0 Å². The lowest BCUT2D eigenvalue weighted by Gasteiger charge is -2.30. The minimum atomic E-state index is -1.05. The van der Waals surface area contributed by atoms with Crippen LogP contribution in [0.5, 0.6) is 0 Å². The fourth-order valence-corrected chi connectivity index (χ4v) is 1.75. The molecule has 6 heteroatoms. The Kier molecular flexibility index (Phi) is 4.25. The van der Waals surface area contributed by atoms with Gasteiger partial charge in [0, 0.05) is 25.0 Å². The van der Waals surface area contributed by atoms with E-state index in [1.165, 1.54) is 11.0 Å². The number of aliphatic carboxylic acids is 1. The van der Waals surface area contributed by atoms with Crippen molar-refractivity contribution in [3.63, 3.8) is 0 Å². The van der Waals surface area contributed by atoms with Crippen molar-refractivity contribution >= 4 is 18.0 Å². The quantitative estimate of drug-likeness (QED) is 0.798. The van der Waals surface area contributed by atoms with Crippen molar-refractivity contribution in [1.82, 2.24) is 9.88 Å². The molecule has 0 saturated carbocycles. The van der Waals surface area contributed by atoms with Gasteiger partial charge in [-0.05, 0) is 17.7 Å². The number of nitrogens with zero attached hydrogens (tertiary/aromatic N) is 2. The monoisotopic (exact) mass is 262 g/mol. The summed E-state index contributed by atoms with van der Waals surface area (Å²) in [6.07, 6.45) is 5.42. The molecule has 0 radical (unpaired) electrons. The zero-order chi connectivity index (χ0) is 13.7. The molecule has 100 valence electrons. The topological polar surface area (TPSA) is 79.7 Å². The molecule has 1 atom stereocenters. The van der Waals surface area contributed by atoms with E-state index >= 15 is 0 Å². The second-order valence-corrected chi connectivity index (χ2v) is 4.10. The van der Waals surface area contributed by atoms with Gasteiger partial charge in [-0.25, -0.2) is 4.79 Å². The Morgan fingerprint density at radius 3 is 3.05 bits per heavy atom. The molecule has 1 aliphatic heterocycles. The van der Waals surface area contributed by atoms with E-state index in [0.717, 1.165) is 5.56 Å². The molecular weight excluding hydrogens is 248 g/mol. The van der Waals surface area contributed by atoms with E-state index in [9.17, 15) is 9.59 Å². The predicted molar refractivity (Wildman–Crippen MR) is 67.2 cm³/mol. The smallest absolute Gasteiger partial charge is 0.334 e. The number of carboxylic acids is 1. The van der Waals surface area contributed by atoms with Crippen LogP contribution in [0.3, 0.4) is 0 Å². The number of carboxylic acid groups (broad SMARTS) is 1. The van der Waals surface area contributed by atoms with Crippen LogP contribution in [0.4, 0.5) is 0 Å². The second kappa shape index (κ2) is 6.10. The fourth-order valence-electron chi connectivity index (χ4n) is 1.75. The van der Waals surface area contributed by atoms with E-state index in [2.05, 4.69) is 4.98 Å². The zero-order valence-electron chi connectivity index (χ0n) is 10.2. The van der Waals surface area contributed by atoms with Crippen molar-refractivity contribution in [2.45, 2.75) is 6.10 Å². The molecule has 1 unspecified atom stereocenters. The average Bonchev–Trinajstić information content (AvgIpc) is 2.46. The minimum absolute atomic E-state index is 0.0749. The van der Waals surface area contributed by atoms with Crippen LogP contribution >= 0.6 is 0 Å². The van der Waals surface area contributed by atoms with Crippen LogP contribution in [-0.4, -0.2) is 52.7 Å². The first kappa shape index (κ1) is 13.2. The highest BCUT2D eigenvalue weighted by atomic mass is 16.5. The number of carbonyl (C=O) groups excluding carboxylic acids is 1. The van der Waals surface area contributed by atoms with Crippen molar-refractivity contribution in [2.24, 2.45) is 0 Å². The van der Waals surface area contributed by atoms with Crippen LogP contribution in [0.1, 0.15) is 5.56 Å². The van der Waals surface area contributed by atoms with Crippen molar-refractivity contribution < 1.29 is 19.4 Å². The number of pyridine rings is 1. The Labute approximate surface area is 110 Å². The number of amides is 1. The summed E-state index contributed by atoms with van der Waals surface area (Å²) in [7, 11) is 0. The summed E-state index contributed by atoms with van der Waals surface area (Å²) in [5.41, 5.74) is 0.818. The van der Waals surface area contributed by atoms with E-state index in [-0.39, 0.29) is 19.1 Å². The van der Waals surface area contributed by atoms with E-state index in [4.69, 9.17) is 9.84 Å². The lowest BCUT2D eigenvalue weighted by Crippen LogP contribution is -2.48. The van der Waals surface area contributed by atoms with Gasteiger partial charge >= 0.3 is 5.97 Å². The zero-order valence-corrected chi connectivity index (χ0v) is 10.2. The van der Waals surface area contributed by atoms with Gasteiger partial charge in [0.1, 0.15) is 0 Å². The molecule has 1 aromatic rings. The molecule has 1 fully saturated rings. The molecule has 19 heavy (non-hydrogen) atoms. The number of hydrogen-bond donors (Lipinski definition) is 1. The Morgan fingerprint density at radius 1 is 1.53 bits per heavy atom. The number of hydrogen-bond acceptors (Lipinski definition) is 4. The first-order chi connectivity index (χ1) is 9.16. The van der Waals surface area contributed by atoms with Crippen LogP contribution in [0.15, 0.2) is 30.6 Å². The maximum Gasteiger partial charge on any atom is 0.334 e. The number of ether oxygens (including phenoxy) is 1. The number of aromatic nitrogens is 1. The summed E-state index contributed by atoms with van der Waals surface area (Å²) < 4.78 is 5.06. The van der Waals surface area contributed by atoms with Crippen LogP contribution in [-0.2, 0) is 14.3 Å². The normalized spacial score (nSPS) is 19.6. The molecule has 2 rings (SSSR count). The Balaban J connectivity index is 1.96. The van der Waals surface area contributed by atoms with Gasteiger partial charge in [-0.1, -0.05) is 6.07 Å². The molecule has 0 spiro atoms. The lowest BCUT2D eigenvalue weighted by atomic mass is 10.2. The van der Waals surface area contributed by atoms with Gasteiger partial charge in [-0.2, -0.15) is 0 Å². The number of morpholine rings is 1. The molecule has 1 amide bonds. The van der Waals surface area contributed by atoms with E-state index in [0.29, 0.717) is 6.54 Å². The third-order valence-corrected chi connectivity index (χ3v) is 2.76. The summed E-state index contributed by atoms with van der Waals surface area (Å²) in [5, 5.41) is 8.86. The van der Waals surface area contributed by atoms with Crippen molar-refractivity contribution in [3.05, 3.63) is 36.2 Å². The van der Waals surface area contributed by atoms with Gasteiger partial charge in [0.25, 0.3) is 0 Å². The van der Waals surface area contributed by atoms with Gasteiger partial charge in [0.05, 0.1) is 13.2 Å². The van der Waals surface area contributed by atoms with E-state index in [1.54, 1.807) is 24.5 Å². The SMILES string of the molecule is O=C(O)C1CN(C(=O)/C=C/c2cccnc2)CCO1. The maximum absolute atomic E-state index is 11.9. The fraction of sp³-hybridized carbons (Fsp3) is 0.308.